The highest BCUT2D eigenvalue weighted by Gasteiger charge is 2.40. The normalized spacial score (nSPS) is 13.4. The molecule has 0 fully saturated rings. The average molecular weight is 313 g/mol. The minimum Gasteiger partial charge on any atom is -0.305 e. The quantitative estimate of drug-likeness (QED) is 0.527. The van der Waals surface area contributed by atoms with Crippen molar-refractivity contribution in [2.24, 2.45) is 0 Å². The molecule has 0 heterocycles. The molecule has 0 spiro atoms. The van der Waals surface area contributed by atoms with E-state index >= 15 is 0 Å². The number of nitriles is 1. The second kappa shape index (κ2) is 7.85. The summed E-state index contributed by atoms with van der Waals surface area (Å²) in [7, 11) is -3.44. The van der Waals surface area contributed by atoms with E-state index in [0.29, 0.717) is 0 Å². The van der Waals surface area contributed by atoms with Gasteiger partial charge in [-0.05, 0) is 45.0 Å². The Morgan fingerprint density at radius 3 is 2.00 bits per heavy atom. The first-order chi connectivity index (χ1) is 9.39. The van der Waals surface area contributed by atoms with Crippen LogP contribution >= 0.6 is 19.4 Å². The first-order valence-electron chi connectivity index (χ1n) is 6.45. The van der Waals surface area contributed by atoms with Gasteiger partial charge >= 0.3 is 7.60 Å². The molecule has 0 amide bonds. The second-order valence-electron chi connectivity index (χ2n) is 4.82. The number of hydrogen-bond donors (Lipinski definition) is 0. The summed E-state index contributed by atoms with van der Waals surface area (Å²) in [4.78, 5) is -0.640. The van der Waals surface area contributed by atoms with E-state index in [1.807, 2.05) is 35.7 Å². The Bertz CT molecular complexity index is 485. The lowest BCUT2D eigenvalue weighted by molar-refractivity contribution is 0.141. The van der Waals surface area contributed by atoms with Crippen molar-refractivity contribution in [3.05, 3.63) is 35.9 Å². The molecule has 0 saturated carbocycles. The van der Waals surface area contributed by atoms with Crippen molar-refractivity contribution in [2.75, 3.05) is 0 Å². The minimum atomic E-state index is -3.44. The molecule has 0 aromatic heterocycles. The van der Waals surface area contributed by atoms with Gasteiger partial charge in [0.1, 0.15) is 10.4 Å². The molecule has 1 atom stereocenters. The van der Waals surface area contributed by atoms with Crippen LogP contribution in [0.3, 0.4) is 0 Å². The van der Waals surface area contributed by atoms with Gasteiger partial charge < -0.3 is 9.05 Å². The predicted octanol–water partition coefficient (Wildman–Crippen LogP) is 4.94. The van der Waals surface area contributed by atoms with E-state index in [0.717, 1.165) is 17.3 Å². The monoisotopic (exact) mass is 313 g/mol. The van der Waals surface area contributed by atoms with Gasteiger partial charge in [0.25, 0.3) is 0 Å². The summed E-state index contributed by atoms with van der Waals surface area (Å²) in [5.74, 6) is 0. The van der Waals surface area contributed by atoms with Crippen LogP contribution in [0.1, 0.15) is 38.2 Å². The number of nitrogens with zero attached hydrogens (tertiary/aromatic N) is 1. The average Bonchev–Trinajstić information content (AvgIpc) is 2.34. The molecule has 0 unspecified atom stereocenters. The molecule has 1 aromatic carbocycles. The number of hydrogen-bond acceptors (Lipinski definition) is 5. The summed E-state index contributed by atoms with van der Waals surface area (Å²) in [6.45, 7) is 7.20. The molecule has 1 rings (SSSR count). The summed E-state index contributed by atoms with van der Waals surface area (Å²) in [5, 5.41) is 11.0. The van der Waals surface area contributed by atoms with Crippen molar-refractivity contribution in [3.63, 3.8) is 0 Å². The van der Waals surface area contributed by atoms with Crippen molar-refractivity contribution in [2.45, 2.75) is 44.9 Å². The number of benzene rings is 1. The molecule has 1 aromatic rings. The lowest BCUT2D eigenvalue weighted by Gasteiger charge is -2.28. The summed E-state index contributed by atoms with van der Waals surface area (Å²) >= 11 is 0.913. The van der Waals surface area contributed by atoms with Crippen LogP contribution in [0.5, 0.6) is 0 Å². The maximum Gasteiger partial charge on any atom is 0.349 e. The number of thioether (sulfide) groups is 1. The Morgan fingerprint density at radius 2 is 1.60 bits per heavy atom. The van der Waals surface area contributed by atoms with Gasteiger partial charge in [-0.3, -0.25) is 4.57 Å². The highest BCUT2D eigenvalue weighted by molar-refractivity contribution is 8.08. The van der Waals surface area contributed by atoms with E-state index < -0.39 is 12.6 Å². The predicted molar refractivity (Wildman–Crippen MR) is 82.4 cm³/mol. The third kappa shape index (κ3) is 4.96. The third-order valence-corrected chi connectivity index (χ3v) is 6.25. The summed E-state index contributed by atoms with van der Waals surface area (Å²) in [5.41, 5.74) is 0.767. The fraction of sp³-hybridized carbons (Fsp3) is 0.500. The first-order valence-corrected chi connectivity index (χ1v) is 8.94. The molecule has 0 aliphatic carbocycles. The van der Waals surface area contributed by atoms with Crippen LogP contribution in [-0.2, 0) is 13.6 Å². The van der Waals surface area contributed by atoms with E-state index in [1.165, 1.54) is 0 Å². The number of thiocyanates is 1. The molecule has 0 aliphatic rings. The summed E-state index contributed by atoms with van der Waals surface area (Å²) < 4.78 is 24.3. The molecule has 0 aliphatic heterocycles. The zero-order chi connectivity index (χ0) is 15.2. The van der Waals surface area contributed by atoms with Crippen LogP contribution in [0, 0.1) is 10.7 Å². The Kier molecular flexibility index (Phi) is 6.78. The minimum absolute atomic E-state index is 0.245. The maximum atomic E-state index is 13.1. The van der Waals surface area contributed by atoms with Crippen LogP contribution in [-0.4, -0.2) is 12.2 Å². The van der Waals surface area contributed by atoms with Crippen molar-refractivity contribution >= 4 is 19.4 Å². The third-order valence-electron chi connectivity index (χ3n) is 2.25. The van der Waals surface area contributed by atoms with E-state index in [1.54, 1.807) is 27.7 Å². The van der Waals surface area contributed by atoms with Gasteiger partial charge in [0, 0.05) is 0 Å². The SMILES string of the molecule is CC(C)OP(=O)(OC(C)C)[C@H](SC#N)c1ccccc1. The van der Waals surface area contributed by atoms with Gasteiger partial charge in [0.2, 0.25) is 0 Å². The Hall–Kier alpha value is -0.790. The molecule has 0 N–H and O–H groups in total. The van der Waals surface area contributed by atoms with Crippen LogP contribution in [0.25, 0.3) is 0 Å². The number of rotatable bonds is 7. The molecule has 0 saturated heterocycles. The fourth-order valence-electron chi connectivity index (χ4n) is 1.71. The lowest BCUT2D eigenvalue weighted by atomic mass is 10.2. The summed E-state index contributed by atoms with van der Waals surface area (Å²) in [6.07, 6.45) is -0.491. The van der Waals surface area contributed by atoms with Crippen molar-refractivity contribution in [1.29, 1.82) is 5.26 Å². The zero-order valence-electron chi connectivity index (χ0n) is 12.1. The molecule has 0 radical (unpaired) electrons. The zero-order valence-corrected chi connectivity index (χ0v) is 13.9. The van der Waals surface area contributed by atoms with E-state index in [4.69, 9.17) is 14.3 Å². The van der Waals surface area contributed by atoms with E-state index in [2.05, 4.69) is 0 Å². The van der Waals surface area contributed by atoms with Crippen molar-refractivity contribution < 1.29 is 13.6 Å². The molecule has 110 valence electrons. The maximum absolute atomic E-state index is 13.1. The molecule has 6 heteroatoms. The molecule has 20 heavy (non-hydrogen) atoms. The largest absolute Gasteiger partial charge is 0.349 e. The smallest absolute Gasteiger partial charge is 0.305 e. The van der Waals surface area contributed by atoms with Crippen LogP contribution in [0.15, 0.2) is 30.3 Å². The first kappa shape index (κ1) is 17.3. The van der Waals surface area contributed by atoms with E-state index in [-0.39, 0.29) is 12.2 Å². The van der Waals surface area contributed by atoms with Crippen LogP contribution in [0.2, 0.25) is 0 Å². The molecule has 0 bridgehead atoms. The van der Waals surface area contributed by atoms with Crippen LogP contribution < -0.4 is 0 Å². The Morgan fingerprint density at radius 1 is 1.10 bits per heavy atom. The topological polar surface area (TPSA) is 59.3 Å². The van der Waals surface area contributed by atoms with Gasteiger partial charge in [-0.2, -0.15) is 5.26 Å². The Balaban J connectivity index is 3.18. The van der Waals surface area contributed by atoms with E-state index in [9.17, 15) is 4.57 Å². The van der Waals surface area contributed by atoms with Gasteiger partial charge in [-0.25, -0.2) is 0 Å². The van der Waals surface area contributed by atoms with Gasteiger partial charge in [-0.15, -0.1) is 0 Å². The Labute approximate surface area is 125 Å². The van der Waals surface area contributed by atoms with Gasteiger partial charge in [0.05, 0.1) is 12.2 Å². The van der Waals surface area contributed by atoms with Gasteiger partial charge in [-0.1, -0.05) is 30.3 Å². The highest BCUT2D eigenvalue weighted by Crippen LogP contribution is 2.66. The fourth-order valence-corrected chi connectivity index (χ4v) is 5.04. The standard InChI is InChI=1S/C14H20NO3PS/c1-11(2)17-19(16,18-12(3)4)14(20-10-15)13-8-6-5-7-9-13/h5-9,11-12,14H,1-4H3/t14-/m1/s1. The van der Waals surface area contributed by atoms with Crippen molar-refractivity contribution in [3.8, 4) is 5.40 Å². The molecular formula is C14H20NO3PS. The second-order valence-corrected chi connectivity index (χ2v) is 8.08. The highest BCUT2D eigenvalue weighted by atomic mass is 32.2. The molecular weight excluding hydrogens is 293 g/mol. The van der Waals surface area contributed by atoms with Crippen molar-refractivity contribution in [1.82, 2.24) is 0 Å². The molecule has 4 nitrogen and oxygen atoms in total. The lowest BCUT2D eigenvalue weighted by Crippen LogP contribution is -2.12. The summed E-state index contributed by atoms with van der Waals surface area (Å²) in [6, 6.07) is 9.21. The van der Waals surface area contributed by atoms with Crippen LogP contribution in [0.4, 0.5) is 0 Å². The van der Waals surface area contributed by atoms with Gasteiger partial charge in [0.15, 0.2) is 0 Å².